The number of aliphatic carboxylic acids is 1. The quantitative estimate of drug-likeness (QED) is 0.579. The molecule has 124 valence electrons. The molecule has 1 saturated heterocycles. The zero-order valence-corrected chi connectivity index (χ0v) is 14.1. The van der Waals surface area contributed by atoms with Gasteiger partial charge in [0, 0.05) is 0 Å². The molecule has 1 heterocycles. The number of rotatable bonds is 6. The number of amides is 2. The first-order valence-corrected chi connectivity index (χ1v) is 8.13. The van der Waals surface area contributed by atoms with E-state index in [0.29, 0.717) is 4.91 Å². The summed E-state index contributed by atoms with van der Waals surface area (Å²) in [6, 6.07) is 9.58. The fourth-order valence-electron chi connectivity index (χ4n) is 1.83. The van der Waals surface area contributed by atoms with E-state index in [1.807, 2.05) is 36.4 Å². The normalized spacial score (nSPS) is 16.2. The number of hydrogen-bond donors (Lipinski definition) is 1. The molecular weight excluding hydrogens is 348 g/mol. The molecule has 1 aromatic carbocycles. The van der Waals surface area contributed by atoms with Gasteiger partial charge in [0.2, 0.25) is 5.91 Å². The number of carboxylic acids is 1. The fraction of sp³-hybridized carbons (Fsp3) is 0.125. The lowest BCUT2D eigenvalue weighted by molar-refractivity contribution is -0.304. The Bertz CT molecular complexity index is 729. The first-order valence-electron chi connectivity index (χ1n) is 6.91. The van der Waals surface area contributed by atoms with Crippen molar-refractivity contribution in [2.24, 2.45) is 0 Å². The third kappa shape index (κ3) is 5.04. The van der Waals surface area contributed by atoms with Crippen molar-refractivity contribution in [3.63, 3.8) is 0 Å². The molecule has 8 heteroatoms. The summed E-state index contributed by atoms with van der Waals surface area (Å²) in [6.07, 6.45) is 5.21. The van der Waals surface area contributed by atoms with E-state index in [0.717, 1.165) is 22.2 Å². The lowest BCUT2D eigenvalue weighted by Crippen LogP contribution is -2.43. The molecule has 0 spiro atoms. The van der Waals surface area contributed by atoms with Gasteiger partial charge in [0.25, 0.3) is 5.91 Å². The highest BCUT2D eigenvalue weighted by atomic mass is 32.2. The van der Waals surface area contributed by atoms with Crippen molar-refractivity contribution in [3.8, 4) is 0 Å². The van der Waals surface area contributed by atoms with Crippen molar-refractivity contribution in [3.05, 3.63) is 53.0 Å². The van der Waals surface area contributed by atoms with Gasteiger partial charge in [-0.2, -0.15) is 0 Å². The number of nitrogens with zero attached hydrogens (tertiary/aromatic N) is 1. The van der Waals surface area contributed by atoms with Crippen LogP contribution in [-0.4, -0.2) is 40.1 Å². The Labute approximate surface area is 148 Å². The molecule has 0 unspecified atom stereocenters. The van der Waals surface area contributed by atoms with Gasteiger partial charge in [-0.05, 0) is 11.6 Å². The van der Waals surface area contributed by atoms with Crippen molar-refractivity contribution in [2.45, 2.75) is 0 Å². The molecule has 1 aromatic rings. The molecule has 1 N–H and O–H groups in total. The van der Waals surface area contributed by atoms with Crippen molar-refractivity contribution >= 4 is 52.2 Å². The van der Waals surface area contributed by atoms with E-state index in [4.69, 9.17) is 12.2 Å². The Morgan fingerprint density at radius 2 is 2.00 bits per heavy atom. The molecule has 2 amide bonds. The van der Waals surface area contributed by atoms with Gasteiger partial charge < -0.3 is 15.2 Å². The molecule has 2 rings (SSSR count). The van der Waals surface area contributed by atoms with E-state index >= 15 is 0 Å². The monoisotopic (exact) mass is 361 g/mol. The molecule has 1 aliphatic rings. The van der Waals surface area contributed by atoms with Crippen LogP contribution in [0.2, 0.25) is 0 Å². The van der Waals surface area contributed by atoms with E-state index in [-0.39, 0.29) is 16.8 Å². The number of carboxylic acid groups (broad SMARTS) is 1. The maximum absolute atomic E-state index is 12.2. The molecule has 0 saturated carbocycles. The van der Waals surface area contributed by atoms with Crippen LogP contribution in [0.4, 0.5) is 0 Å². The minimum absolute atomic E-state index is 0.253. The Morgan fingerprint density at radius 3 is 2.67 bits per heavy atom. The van der Waals surface area contributed by atoms with Crippen molar-refractivity contribution < 1.29 is 19.5 Å². The van der Waals surface area contributed by atoms with Gasteiger partial charge in [-0.25, -0.2) is 0 Å². The van der Waals surface area contributed by atoms with Crippen LogP contribution in [0.15, 0.2) is 47.4 Å². The zero-order valence-electron chi connectivity index (χ0n) is 12.4. The third-order valence-corrected chi connectivity index (χ3v) is 4.34. The minimum atomic E-state index is -1.40. The predicted molar refractivity (Wildman–Crippen MR) is 93.5 cm³/mol. The molecule has 0 atom stereocenters. The van der Waals surface area contributed by atoms with Gasteiger partial charge in [-0.3, -0.25) is 14.5 Å². The Morgan fingerprint density at radius 1 is 1.29 bits per heavy atom. The fourth-order valence-corrected chi connectivity index (χ4v) is 3.04. The van der Waals surface area contributed by atoms with Crippen LogP contribution in [0.25, 0.3) is 6.08 Å². The number of carbonyl (C=O) groups is 3. The standard InChI is InChI=1S/C16H14N2O4S2/c19-13(17-9-14(20)21)10-18-15(22)12(24-16(18)23)8-4-7-11-5-2-1-3-6-11/h1-8H,9-10H2,(H,17,19)(H,20,21)/p-1/b7-4+,12-8-. The smallest absolute Gasteiger partial charge is 0.266 e. The largest absolute Gasteiger partial charge is 0.548 e. The lowest BCUT2D eigenvalue weighted by atomic mass is 10.2. The van der Waals surface area contributed by atoms with Crippen LogP contribution in [0.1, 0.15) is 5.56 Å². The van der Waals surface area contributed by atoms with Crippen LogP contribution in [-0.2, 0) is 14.4 Å². The molecule has 1 aliphatic heterocycles. The second kappa shape index (κ2) is 8.42. The molecule has 0 aromatic heterocycles. The van der Waals surface area contributed by atoms with Gasteiger partial charge in [-0.15, -0.1) is 0 Å². The van der Waals surface area contributed by atoms with Crippen molar-refractivity contribution in [2.75, 3.05) is 13.1 Å². The highest BCUT2D eigenvalue weighted by molar-refractivity contribution is 8.26. The molecule has 24 heavy (non-hydrogen) atoms. The van der Waals surface area contributed by atoms with Gasteiger partial charge >= 0.3 is 0 Å². The van der Waals surface area contributed by atoms with E-state index < -0.39 is 18.4 Å². The summed E-state index contributed by atoms with van der Waals surface area (Å²) in [7, 11) is 0. The zero-order chi connectivity index (χ0) is 17.5. The molecule has 0 radical (unpaired) electrons. The van der Waals surface area contributed by atoms with Gasteiger partial charge in [0.15, 0.2) is 0 Å². The summed E-state index contributed by atoms with van der Waals surface area (Å²) < 4.78 is 0.253. The summed E-state index contributed by atoms with van der Waals surface area (Å²) >= 11 is 6.18. The summed E-state index contributed by atoms with van der Waals surface area (Å²) in [5, 5.41) is 12.4. The van der Waals surface area contributed by atoms with Crippen LogP contribution in [0.3, 0.4) is 0 Å². The summed E-state index contributed by atoms with van der Waals surface area (Å²) in [5.74, 6) is -2.40. The summed E-state index contributed by atoms with van der Waals surface area (Å²) in [4.78, 5) is 35.7. The van der Waals surface area contributed by atoms with Gasteiger partial charge in [-0.1, -0.05) is 66.5 Å². The van der Waals surface area contributed by atoms with Crippen LogP contribution in [0.5, 0.6) is 0 Å². The second-order valence-corrected chi connectivity index (χ2v) is 6.38. The predicted octanol–water partition coefficient (Wildman–Crippen LogP) is 0.310. The van der Waals surface area contributed by atoms with Gasteiger partial charge in [0.05, 0.1) is 17.4 Å². The first-order chi connectivity index (χ1) is 11.5. The number of thiocarbonyl (C=S) groups is 1. The molecule has 0 bridgehead atoms. The maximum atomic E-state index is 12.2. The molecule has 6 nitrogen and oxygen atoms in total. The number of allylic oxidation sites excluding steroid dienone is 2. The summed E-state index contributed by atoms with van der Waals surface area (Å²) in [5.41, 5.74) is 0.992. The van der Waals surface area contributed by atoms with E-state index in [1.165, 1.54) is 0 Å². The van der Waals surface area contributed by atoms with Crippen LogP contribution in [0, 0.1) is 0 Å². The highest BCUT2D eigenvalue weighted by Gasteiger charge is 2.32. The van der Waals surface area contributed by atoms with Gasteiger partial charge in [0.1, 0.15) is 10.9 Å². The number of thioether (sulfide) groups is 1. The van der Waals surface area contributed by atoms with Crippen molar-refractivity contribution in [1.29, 1.82) is 0 Å². The lowest BCUT2D eigenvalue weighted by Gasteiger charge is -2.14. The Hall–Kier alpha value is -2.45. The number of hydrogen-bond acceptors (Lipinski definition) is 6. The average molecular weight is 361 g/mol. The summed E-state index contributed by atoms with van der Waals surface area (Å²) in [6.45, 7) is -0.930. The van der Waals surface area contributed by atoms with Crippen molar-refractivity contribution in [1.82, 2.24) is 10.2 Å². The number of nitrogens with one attached hydrogen (secondary N) is 1. The first kappa shape index (κ1) is 17.9. The second-order valence-electron chi connectivity index (χ2n) is 4.71. The topological polar surface area (TPSA) is 89.5 Å². The SMILES string of the molecule is O=C([O-])CNC(=O)CN1C(=O)/C(=C/C=C/c2ccccc2)SC1=S. The highest BCUT2D eigenvalue weighted by Crippen LogP contribution is 2.30. The minimum Gasteiger partial charge on any atom is -0.548 e. The Kier molecular flexibility index (Phi) is 6.28. The van der Waals surface area contributed by atoms with Crippen LogP contribution < -0.4 is 10.4 Å². The van der Waals surface area contributed by atoms with E-state index in [2.05, 4.69) is 5.32 Å². The number of carbonyl (C=O) groups excluding carboxylic acids is 3. The Balaban J connectivity index is 1.98. The molecule has 1 fully saturated rings. The average Bonchev–Trinajstić information content (AvgIpc) is 2.82. The van der Waals surface area contributed by atoms with E-state index in [9.17, 15) is 19.5 Å². The molecule has 0 aliphatic carbocycles. The number of benzene rings is 1. The molecular formula is C16H13N2O4S2-. The van der Waals surface area contributed by atoms with E-state index in [1.54, 1.807) is 12.2 Å². The van der Waals surface area contributed by atoms with Crippen LogP contribution >= 0.6 is 24.0 Å². The third-order valence-electron chi connectivity index (χ3n) is 2.94. The maximum Gasteiger partial charge on any atom is 0.266 e.